The minimum Gasteiger partial charge on any atom is -0.337 e. The summed E-state index contributed by atoms with van der Waals surface area (Å²) >= 11 is 1.42. The zero-order valence-electron chi connectivity index (χ0n) is 15.6. The van der Waals surface area contributed by atoms with Crippen LogP contribution in [0, 0.1) is 13.8 Å². The van der Waals surface area contributed by atoms with Gasteiger partial charge in [0.25, 0.3) is 5.91 Å². The fourth-order valence-electron chi connectivity index (χ4n) is 3.58. The Morgan fingerprint density at radius 3 is 2.93 bits per heavy atom. The van der Waals surface area contributed by atoms with E-state index < -0.39 is 0 Å². The van der Waals surface area contributed by atoms with Crippen LogP contribution in [-0.4, -0.2) is 38.8 Å². The molecule has 1 saturated heterocycles. The van der Waals surface area contributed by atoms with Gasteiger partial charge in [-0.2, -0.15) is 0 Å². The Morgan fingerprint density at radius 1 is 1.26 bits per heavy atom. The van der Waals surface area contributed by atoms with Crippen molar-refractivity contribution in [3.63, 3.8) is 0 Å². The minimum absolute atomic E-state index is 0.0856. The number of carbonyl (C=O) groups excluding carboxylic acids is 1. The Morgan fingerprint density at radius 2 is 2.15 bits per heavy atom. The number of nitrogens with zero attached hydrogens (tertiary/aromatic N) is 4. The SMILES string of the molecule is Cc1cccc(-c2cncc([C@H]3CCCN(C(=O)c4scnc4C)C3)n2)c1. The smallest absolute Gasteiger partial charge is 0.265 e. The molecule has 1 atom stereocenters. The molecular formula is C21H22N4OS. The standard InChI is InChI=1S/C21H22N4OS/c1-14-5-3-6-16(9-14)18-10-22-11-19(24-18)17-7-4-8-25(12-17)21(26)20-15(2)23-13-27-20/h3,5-6,9-11,13,17H,4,7-8,12H2,1-2H3/t17-/m0/s1. The number of amides is 1. The van der Waals surface area contributed by atoms with Crippen LogP contribution in [0.4, 0.5) is 0 Å². The number of carbonyl (C=O) groups is 1. The van der Waals surface area contributed by atoms with Gasteiger partial charge in [0.05, 0.1) is 28.8 Å². The lowest BCUT2D eigenvalue weighted by Gasteiger charge is -2.32. The predicted molar refractivity (Wildman–Crippen MR) is 107 cm³/mol. The number of hydrogen-bond acceptors (Lipinski definition) is 5. The molecule has 1 aliphatic rings. The van der Waals surface area contributed by atoms with Crippen molar-refractivity contribution in [2.24, 2.45) is 0 Å². The Balaban J connectivity index is 1.56. The van der Waals surface area contributed by atoms with E-state index in [2.05, 4.69) is 35.1 Å². The van der Waals surface area contributed by atoms with Crippen molar-refractivity contribution in [1.82, 2.24) is 19.9 Å². The van der Waals surface area contributed by atoms with Gasteiger partial charge in [-0.15, -0.1) is 11.3 Å². The molecule has 0 unspecified atom stereocenters. The molecule has 4 rings (SSSR count). The van der Waals surface area contributed by atoms with E-state index in [0.717, 1.165) is 46.9 Å². The van der Waals surface area contributed by atoms with Crippen molar-refractivity contribution in [2.75, 3.05) is 13.1 Å². The number of piperidine rings is 1. The van der Waals surface area contributed by atoms with Gasteiger partial charge in [0, 0.05) is 30.8 Å². The van der Waals surface area contributed by atoms with E-state index in [1.807, 2.05) is 30.3 Å². The van der Waals surface area contributed by atoms with E-state index in [0.29, 0.717) is 6.54 Å². The van der Waals surface area contributed by atoms with E-state index in [1.54, 1.807) is 5.51 Å². The van der Waals surface area contributed by atoms with Crippen LogP contribution in [0.3, 0.4) is 0 Å². The summed E-state index contributed by atoms with van der Waals surface area (Å²) in [6.07, 6.45) is 5.66. The highest BCUT2D eigenvalue weighted by atomic mass is 32.1. The molecule has 3 heterocycles. The Hall–Kier alpha value is -2.60. The van der Waals surface area contributed by atoms with Crippen LogP contribution in [0.1, 0.15) is 45.4 Å². The molecule has 0 bridgehead atoms. The normalized spacial score (nSPS) is 17.1. The van der Waals surface area contributed by atoms with Crippen LogP contribution in [0.2, 0.25) is 0 Å². The number of benzene rings is 1. The van der Waals surface area contributed by atoms with Crippen molar-refractivity contribution in [2.45, 2.75) is 32.6 Å². The molecule has 1 fully saturated rings. The molecule has 0 spiro atoms. The second-order valence-corrected chi connectivity index (χ2v) is 7.91. The molecule has 0 N–H and O–H groups in total. The Bertz CT molecular complexity index is 968. The quantitative estimate of drug-likeness (QED) is 0.684. The molecule has 3 aromatic rings. The molecule has 27 heavy (non-hydrogen) atoms. The van der Waals surface area contributed by atoms with Crippen molar-refractivity contribution >= 4 is 17.2 Å². The molecular weight excluding hydrogens is 356 g/mol. The van der Waals surface area contributed by atoms with E-state index >= 15 is 0 Å². The molecule has 6 heteroatoms. The predicted octanol–water partition coefficient (Wildman–Crippen LogP) is 4.24. The average molecular weight is 379 g/mol. The first kappa shape index (κ1) is 17.8. The molecule has 1 aliphatic heterocycles. The fraction of sp³-hybridized carbons (Fsp3) is 0.333. The zero-order chi connectivity index (χ0) is 18.8. The van der Waals surface area contributed by atoms with Gasteiger partial charge in [0.2, 0.25) is 0 Å². The molecule has 0 aliphatic carbocycles. The number of aryl methyl sites for hydroxylation is 2. The summed E-state index contributed by atoms with van der Waals surface area (Å²) in [7, 11) is 0. The van der Waals surface area contributed by atoms with Gasteiger partial charge in [-0.3, -0.25) is 9.78 Å². The molecule has 1 amide bonds. The van der Waals surface area contributed by atoms with Crippen LogP contribution in [0.15, 0.2) is 42.2 Å². The van der Waals surface area contributed by atoms with Gasteiger partial charge >= 0.3 is 0 Å². The van der Waals surface area contributed by atoms with E-state index in [9.17, 15) is 4.79 Å². The number of hydrogen-bond donors (Lipinski definition) is 0. The minimum atomic E-state index is 0.0856. The molecule has 5 nitrogen and oxygen atoms in total. The Kier molecular flexibility index (Phi) is 4.99. The van der Waals surface area contributed by atoms with Crippen LogP contribution in [0.5, 0.6) is 0 Å². The van der Waals surface area contributed by atoms with Gasteiger partial charge in [0.15, 0.2) is 0 Å². The highest BCUT2D eigenvalue weighted by molar-refractivity contribution is 7.11. The summed E-state index contributed by atoms with van der Waals surface area (Å²) in [4.78, 5) is 29.0. The van der Waals surface area contributed by atoms with E-state index in [1.165, 1.54) is 16.9 Å². The monoisotopic (exact) mass is 378 g/mol. The van der Waals surface area contributed by atoms with Gasteiger partial charge in [-0.1, -0.05) is 23.8 Å². The summed E-state index contributed by atoms with van der Waals surface area (Å²) in [6, 6.07) is 8.30. The van der Waals surface area contributed by atoms with E-state index in [-0.39, 0.29) is 11.8 Å². The van der Waals surface area contributed by atoms with Crippen LogP contribution in [0.25, 0.3) is 11.3 Å². The zero-order valence-corrected chi connectivity index (χ0v) is 16.4. The maximum Gasteiger partial charge on any atom is 0.265 e. The molecule has 138 valence electrons. The number of rotatable bonds is 3. The van der Waals surface area contributed by atoms with Crippen molar-refractivity contribution < 1.29 is 4.79 Å². The summed E-state index contributed by atoms with van der Waals surface area (Å²) in [6.45, 7) is 5.44. The van der Waals surface area contributed by atoms with Crippen molar-refractivity contribution in [3.05, 3.63) is 64.0 Å². The van der Waals surface area contributed by atoms with Crippen molar-refractivity contribution in [1.29, 1.82) is 0 Å². The molecule has 2 aromatic heterocycles. The first-order valence-electron chi connectivity index (χ1n) is 9.20. The summed E-state index contributed by atoms with van der Waals surface area (Å²) < 4.78 is 0. The highest BCUT2D eigenvalue weighted by Crippen LogP contribution is 2.29. The van der Waals surface area contributed by atoms with Crippen molar-refractivity contribution in [3.8, 4) is 11.3 Å². The summed E-state index contributed by atoms with van der Waals surface area (Å²) in [5, 5.41) is 0. The average Bonchev–Trinajstić information content (AvgIpc) is 3.13. The first-order valence-corrected chi connectivity index (χ1v) is 10.1. The van der Waals surface area contributed by atoms with Crippen LogP contribution in [-0.2, 0) is 0 Å². The third-order valence-electron chi connectivity index (χ3n) is 5.03. The first-order chi connectivity index (χ1) is 13.1. The highest BCUT2D eigenvalue weighted by Gasteiger charge is 2.28. The topological polar surface area (TPSA) is 59.0 Å². The van der Waals surface area contributed by atoms with Gasteiger partial charge in [0.1, 0.15) is 4.88 Å². The lowest BCUT2D eigenvalue weighted by Crippen LogP contribution is -2.39. The van der Waals surface area contributed by atoms with Gasteiger partial charge in [-0.25, -0.2) is 9.97 Å². The lowest BCUT2D eigenvalue weighted by atomic mass is 9.94. The second kappa shape index (κ2) is 7.56. The lowest BCUT2D eigenvalue weighted by molar-refractivity contribution is 0.0710. The number of likely N-dealkylation sites (tertiary alicyclic amines) is 1. The fourth-order valence-corrected chi connectivity index (χ4v) is 4.34. The van der Waals surface area contributed by atoms with Crippen LogP contribution >= 0.6 is 11.3 Å². The third-order valence-corrected chi connectivity index (χ3v) is 5.95. The Labute approximate surface area is 163 Å². The molecule has 0 radical (unpaired) electrons. The van der Waals surface area contributed by atoms with Gasteiger partial charge in [-0.05, 0) is 32.8 Å². The summed E-state index contributed by atoms with van der Waals surface area (Å²) in [5.74, 6) is 0.302. The largest absolute Gasteiger partial charge is 0.337 e. The summed E-state index contributed by atoms with van der Waals surface area (Å²) in [5.41, 5.74) is 6.68. The number of thiazole rings is 1. The second-order valence-electron chi connectivity index (χ2n) is 7.06. The maximum absolute atomic E-state index is 12.8. The third kappa shape index (κ3) is 3.76. The molecule has 0 saturated carbocycles. The van der Waals surface area contributed by atoms with Crippen LogP contribution < -0.4 is 0 Å². The van der Waals surface area contributed by atoms with Gasteiger partial charge < -0.3 is 4.90 Å². The maximum atomic E-state index is 12.8. The number of aromatic nitrogens is 3. The van der Waals surface area contributed by atoms with E-state index in [4.69, 9.17) is 4.98 Å². The molecule has 1 aromatic carbocycles.